The number of benzene rings is 2. The lowest BCUT2D eigenvalue weighted by Gasteiger charge is -2.10. The normalized spacial score (nSPS) is 12.8. The van der Waals surface area contributed by atoms with E-state index in [1.54, 1.807) is 18.2 Å². The predicted octanol–water partition coefficient (Wildman–Crippen LogP) is 4.16. The first-order valence-corrected chi connectivity index (χ1v) is 7.35. The summed E-state index contributed by atoms with van der Waals surface area (Å²) in [6.45, 7) is 0. The van der Waals surface area contributed by atoms with Crippen LogP contribution in [0.5, 0.6) is 0 Å². The molecule has 1 unspecified atom stereocenters. The van der Waals surface area contributed by atoms with Gasteiger partial charge in [-0.1, -0.05) is 41.4 Å². The Balaban J connectivity index is 1.94. The van der Waals surface area contributed by atoms with E-state index >= 15 is 0 Å². The van der Waals surface area contributed by atoms with Gasteiger partial charge in [0.15, 0.2) is 0 Å². The fourth-order valence-electron chi connectivity index (χ4n) is 2.51. The minimum absolute atomic E-state index is 0.415. The van der Waals surface area contributed by atoms with Crippen molar-refractivity contribution in [2.75, 3.05) is 0 Å². The van der Waals surface area contributed by atoms with E-state index in [4.69, 9.17) is 23.2 Å². The summed E-state index contributed by atoms with van der Waals surface area (Å²) in [7, 11) is 1.90. The fraction of sp³-hybridized carbons (Fsp3) is 0.188. The fourth-order valence-corrected chi connectivity index (χ4v) is 3.05. The maximum Gasteiger partial charge on any atom is 0.0847 e. The summed E-state index contributed by atoms with van der Waals surface area (Å²) in [4.78, 5) is 0. The molecule has 3 aromatic rings. The molecule has 0 spiro atoms. The number of rotatable bonds is 3. The van der Waals surface area contributed by atoms with Gasteiger partial charge in [-0.2, -0.15) is 5.10 Å². The van der Waals surface area contributed by atoms with E-state index in [-0.39, 0.29) is 0 Å². The third kappa shape index (κ3) is 2.91. The lowest BCUT2D eigenvalue weighted by Crippen LogP contribution is -2.03. The van der Waals surface area contributed by atoms with E-state index in [0.717, 1.165) is 16.6 Å². The Bertz CT molecular complexity index is 778. The van der Waals surface area contributed by atoms with Crippen molar-refractivity contribution in [3.8, 4) is 0 Å². The molecular weight excluding hydrogens is 307 g/mol. The zero-order chi connectivity index (χ0) is 15.0. The second kappa shape index (κ2) is 5.68. The molecule has 0 saturated heterocycles. The second-order valence-electron chi connectivity index (χ2n) is 5.01. The van der Waals surface area contributed by atoms with Gasteiger partial charge in [0.1, 0.15) is 0 Å². The average Bonchev–Trinajstić information content (AvgIpc) is 2.75. The van der Waals surface area contributed by atoms with E-state index in [1.165, 1.54) is 0 Å². The summed E-state index contributed by atoms with van der Waals surface area (Å²) in [6.07, 6.45) is -0.280. The van der Waals surface area contributed by atoms with E-state index in [9.17, 15) is 5.11 Å². The number of aliphatic hydroxyl groups is 1. The Morgan fingerprint density at radius 1 is 1.14 bits per heavy atom. The van der Waals surface area contributed by atoms with Crippen LogP contribution in [0.2, 0.25) is 10.0 Å². The smallest absolute Gasteiger partial charge is 0.0847 e. The van der Waals surface area contributed by atoms with Crippen molar-refractivity contribution in [1.29, 1.82) is 0 Å². The van der Waals surface area contributed by atoms with Gasteiger partial charge in [-0.15, -0.1) is 0 Å². The van der Waals surface area contributed by atoms with Crippen molar-refractivity contribution >= 4 is 34.1 Å². The van der Waals surface area contributed by atoms with Crippen LogP contribution in [0.4, 0.5) is 0 Å². The first-order valence-electron chi connectivity index (χ1n) is 6.59. The van der Waals surface area contributed by atoms with Gasteiger partial charge >= 0.3 is 0 Å². The van der Waals surface area contributed by atoms with Crippen molar-refractivity contribution in [1.82, 2.24) is 9.78 Å². The highest BCUT2D eigenvalue weighted by molar-refractivity contribution is 6.34. The van der Waals surface area contributed by atoms with Crippen molar-refractivity contribution in [2.45, 2.75) is 12.5 Å². The number of halogens is 2. The van der Waals surface area contributed by atoms with E-state index < -0.39 is 6.10 Å². The zero-order valence-electron chi connectivity index (χ0n) is 11.4. The lowest BCUT2D eigenvalue weighted by molar-refractivity contribution is 0.177. The molecule has 0 aliphatic rings. The number of hydrogen-bond donors (Lipinski definition) is 1. The molecule has 108 valence electrons. The molecule has 1 heterocycles. The quantitative estimate of drug-likeness (QED) is 0.787. The van der Waals surface area contributed by atoms with Crippen LogP contribution in [0.15, 0.2) is 42.5 Å². The van der Waals surface area contributed by atoms with E-state index in [2.05, 4.69) is 5.10 Å². The number of para-hydroxylation sites is 1. The molecule has 2 aromatic carbocycles. The number of fused-ring (bicyclic) bond motifs is 1. The standard InChI is InChI=1S/C16H14Cl2N2O/c1-20-15-5-3-2-4-13(15)14(19-20)9-16(21)10-6-11(17)8-12(18)7-10/h2-8,16,21H,9H2,1H3. The molecule has 0 saturated carbocycles. The molecule has 0 fully saturated rings. The highest BCUT2D eigenvalue weighted by Gasteiger charge is 2.15. The van der Waals surface area contributed by atoms with Crippen LogP contribution < -0.4 is 0 Å². The first-order chi connectivity index (χ1) is 10.0. The van der Waals surface area contributed by atoms with Crippen molar-refractivity contribution < 1.29 is 5.11 Å². The van der Waals surface area contributed by atoms with Gasteiger partial charge in [0.25, 0.3) is 0 Å². The van der Waals surface area contributed by atoms with E-state index in [1.807, 2.05) is 36.0 Å². The number of aliphatic hydroxyl groups excluding tert-OH is 1. The monoisotopic (exact) mass is 320 g/mol. The zero-order valence-corrected chi connectivity index (χ0v) is 12.9. The summed E-state index contributed by atoms with van der Waals surface area (Å²) in [6, 6.07) is 13.1. The first kappa shape index (κ1) is 14.4. The molecule has 1 aromatic heterocycles. The number of aromatic nitrogens is 2. The summed E-state index contributed by atoms with van der Waals surface area (Å²) >= 11 is 12.0. The summed E-state index contributed by atoms with van der Waals surface area (Å²) in [5.41, 5.74) is 2.60. The van der Waals surface area contributed by atoms with Crippen LogP contribution in [0.25, 0.3) is 10.9 Å². The molecule has 21 heavy (non-hydrogen) atoms. The minimum Gasteiger partial charge on any atom is -0.388 e. The maximum atomic E-state index is 10.4. The van der Waals surface area contributed by atoms with Gasteiger partial charge in [0.2, 0.25) is 0 Å². The predicted molar refractivity (Wildman–Crippen MR) is 85.8 cm³/mol. The lowest BCUT2D eigenvalue weighted by atomic mass is 10.0. The molecule has 0 aliphatic heterocycles. The minimum atomic E-state index is -0.695. The molecule has 0 amide bonds. The molecule has 0 bridgehead atoms. The Morgan fingerprint density at radius 2 is 1.81 bits per heavy atom. The summed E-state index contributed by atoms with van der Waals surface area (Å²) in [5, 5.41) is 17.0. The van der Waals surface area contributed by atoms with Gasteiger partial charge in [-0.25, -0.2) is 0 Å². The Labute approximate surface area is 132 Å². The number of hydrogen-bond acceptors (Lipinski definition) is 2. The molecule has 1 atom stereocenters. The van der Waals surface area contributed by atoms with Gasteiger partial charge in [0, 0.05) is 28.9 Å². The number of aryl methyl sites for hydroxylation is 1. The largest absolute Gasteiger partial charge is 0.388 e. The summed E-state index contributed by atoms with van der Waals surface area (Å²) in [5.74, 6) is 0. The second-order valence-corrected chi connectivity index (χ2v) is 5.88. The highest BCUT2D eigenvalue weighted by atomic mass is 35.5. The van der Waals surface area contributed by atoms with Crippen molar-refractivity contribution in [2.24, 2.45) is 7.05 Å². The van der Waals surface area contributed by atoms with Crippen LogP contribution in [0, 0.1) is 0 Å². The molecule has 1 N–H and O–H groups in total. The Kier molecular flexibility index (Phi) is 3.89. The van der Waals surface area contributed by atoms with Crippen LogP contribution in [0.1, 0.15) is 17.4 Å². The topological polar surface area (TPSA) is 38.0 Å². The SMILES string of the molecule is Cn1nc(CC(O)c2cc(Cl)cc(Cl)c2)c2ccccc21. The molecular formula is C16H14Cl2N2O. The highest BCUT2D eigenvalue weighted by Crippen LogP contribution is 2.27. The van der Waals surface area contributed by atoms with Crippen molar-refractivity contribution in [3.05, 3.63) is 63.8 Å². The Morgan fingerprint density at radius 3 is 2.52 bits per heavy atom. The molecule has 0 aliphatic carbocycles. The van der Waals surface area contributed by atoms with Gasteiger partial charge < -0.3 is 5.11 Å². The van der Waals surface area contributed by atoms with Gasteiger partial charge in [-0.3, -0.25) is 4.68 Å². The molecule has 0 radical (unpaired) electrons. The van der Waals surface area contributed by atoms with Crippen LogP contribution in [-0.4, -0.2) is 14.9 Å². The molecule has 5 heteroatoms. The van der Waals surface area contributed by atoms with Gasteiger partial charge in [-0.05, 0) is 29.8 Å². The third-order valence-electron chi connectivity index (χ3n) is 3.49. The maximum absolute atomic E-state index is 10.4. The molecule has 3 rings (SSSR count). The van der Waals surface area contributed by atoms with Gasteiger partial charge in [0.05, 0.1) is 17.3 Å². The van der Waals surface area contributed by atoms with Crippen LogP contribution >= 0.6 is 23.2 Å². The summed E-state index contributed by atoms with van der Waals surface area (Å²) < 4.78 is 1.82. The number of nitrogens with zero attached hydrogens (tertiary/aromatic N) is 2. The Hall–Kier alpha value is -1.55. The van der Waals surface area contributed by atoms with Crippen LogP contribution in [-0.2, 0) is 13.5 Å². The third-order valence-corrected chi connectivity index (χ3v) is 3.93. The van der Waals surface area contributed by atoms with E-state index in [0.29, 0.717) is 22.0 Å². The van der Waals surface area contributed by atoms with Crippen LogP contribution in [0.3, 0.4) is 0 Å². The molecule has 3 nitrogen and oxygen atoms in total. The van der Waals surface area contributed by atoms with Crippen molar-refractivity contribution in [3.63, 3.8) is 0 Å². The average molecular weight is 321 g/mol.